The molecular weight excluding hydrogens is 250 g/mol. The Morgan fingerprint density at radius 3 is 3.00 bits per heavy atom. The Morgan fingerprint density at radius 2 is 2.22 bits per heavy atom. The molecule has 3 rings (SSSR count). The number of hydrogen-bond acceptors (Lipinski definition) is 3. The van der Waals surface area contributed by atoms with Gasteiger partial charge in [0.25, 0.3) is 0 Å². The molecule has 0 bridgehead atoms. The van der Waals surface area contributed by atoms with E-state index in [1.54, 1.807) is 0 Å². The van der Waals surface area contributed by atoms with Gasteiger partial charge in [0.05, 0.1) is 24.0 Å². The van der Waals surface area contributed by atoms with Crippen LogP contribution in [0.25, 0.3) is 0 Å². The van der Waals surface area contributed by atoms with Crippen LogP contribution in [-0.4, -0.2) is 38.6 Å². The van der Waals surface area contributed by atoms with E-state index >= 15 is 0 Å². The number of nitrogens with zero attached hydrogens (tertiary/aromatic N) is 2. The van der Waals surface area contributed by atoms with Gasteiger partial charge in [-0.1, -0.05) is 11.6 Å². The van der Waals surface area contributed by atoms with Crippen molar-refractivity contribution in [3.05, 3.63) is 22.7 Å². The van der Waals surface area contributed by atoms with Crippen LogP contribution in [0.15, 0.2) is 12.1 Å². The zero-order chi connectivity index (χ0) is 12.9. The summed E-state index contributed by atoms with van der Waals surface area (Å²) in [5.74, 6) is 0.141. The Balaban J connectivity index is 2.16. The quantitative estimate of drug-likeness (QED) is 0.770. The molecule has 1 amide bonds. The second-order valence-electron chi connectivity index (χ2n) is 4.97. The Labute approximate surface area is 112 Å². The van der Waals surface area contributed by atoms with Gasteiger partial charge >= 0.3 is 0 Å². The van der Waals surface area contributed by atoms with Crippen LogP contribution in [0.4, 0.5) is 11.4 Å². The normalized spacial score (nSPS) is 22.8. The summed E-state index contributed by atoms with van der Waals surface area (Å²) in [5.41, 5.74) is 3.11. The molecule has 1 N–H and O–H groups in total. The third kappa shape index (κ3) is 1.60. The van der Waals surface area contributed by atoms with Crippen molar-refractivity contribution in [1.82, 2.24) is 5.32 Å². The van der Waals surface area contributed by atoms with Crippen LogP contribution < -0.4 is 15.1 Å². The number of rotatable bonds is 0. The number of amides is 1. The Bertz CT molecular complexity index is 517. The van der Waals surface area contributed by atoms with Crippen molar-refractivity contribution in [3.63, 3.8) is 0 Å². The van der Waals surface area contributed by atoms with Gasteiger partial charge in [0, 0.05) is 25.2 Å². The lowest BCUT2D eigenvalue weighted by atomic mass is 10.0. The fraction of sp³-hybridized carbons (Fsp3) is 0.462. The first-order valence-corrected chi connectivity index (χ1v) is 6.50. The van der Waals surface area contributed by atoms with E-state index < -0.39 is 0 Å². The second kappa shape index (κ2) is 4.14. The van der Waals surface area contributed by atoms with E-state index in [0.29, 0.717) is 6.54 Å². The molecule has 1 atom stereocenters. The molecule has 2 heterocycles. The summed E-state index contributed by atoms with van der Waals surface area (Å²) in [6.45, 7) is 4.11. The van der Waals surface area contributed by atoms with E-state index in [1.807, 2.05) is 24.0 Å². The number of carbonyl (C=O) groups excluding carboxylic acids is 1. The molecule has 1 aromatic rings. The van der Waals surface area contributed by atoms with Crippen LogP contribution in [0.3, 0.4) is 0 Å². The van der Waals surface area contributed by atoms with E-state index in [1.165, 1.54) is 0 Å². The molecular formula is C13H16ClN3O. The van der Waals surface area contributed by atoms with Gasteiger partial charge in [-0.15, -0.1) is 0 Å². The van der Waals surface area contributed by atoms with E-state index in [2.05, 4.69) is 17.3 Å². The zero-order valence-corrected chi connectivity index (χ0v) is 11.3. The molecule has 0 saturated carbocycles. The molecule has 0 aliphatic carbocycles. The molecule has 1 aromatic carbocycles. The summed E-state index contributed by atoms with van der Waals surface area (Å²) in [6, 6.07) is 4.04. The van der Waals surface area contributed by atoms with Crippen molar-refractivity contribution in [2.45, 2.75) is 13.0 Å². The third-order valence-electron chi connectivity index (χ3n) is 3.76. The number of halogens is 1. The standard InChI is InChI=1S/C13H16ClN3O/c1-8-10(14)3-4-11-13(8)16(2)7-9-5-15-6-12(18)17(9)11/h3-4,9,15H,5-7H2,1-2H3. The van der Waals surface area contributed by atoms with Crippen LogP contribution in [0.1, 0.15) is 5.56 Å². The molecule has 96 valence electrons. The molecule has 1 saturated heterocycles. The van der Waals surface area contributed by atoms with Crippen LogP contribution in [-0.2, 0) is 4.79 Å². The lowest BCUT2D eigenvalue weighted by Crippen LogP contribution is -2.61. The molecule has 18 heavy (non-hydrogen) atoms. The van der Waals surface area contributed by atoms with Crippen molar-refractivity contribution in [2.24, 2.45) is 0 Å². The van der Waals surface area contributed by atoms with Crippen LogP contribution in [0.5, 0.6) is 0 Å². The highest BCUT2D eigenvalue weighted by molar-refractivity contribution is 6.32. The minimum Gasteiger partial charge on any atom is -0.371 e. The van der Waals surface area contributed by atoms with E-state index in [-0.39, 0.29) is 11.9 Å². The molecule has 1 fully saturated rings. The van der Waals surface area contributed by atoms with Crippen molar-refractivity contribution in [2.75, 3.05) is 36.5 Å². The van der Waals surface area contributed by atoms with Gasteiger partial charge in [0.15, 0.2) is 0 Å². The Morgan fingerprint density at radius 1 is 1.44 bits per heavy atom. The van der Waals surface area contributed by atoms with Crippen molar-refractivity contribution < 1.29 is 4.79 Å². The number of likely N-dealkylation sites (N-methyl/N-ethyl adjacent to an activating group) is 1. The summed E-state index contributed by atoms with van der Waals surface area (Å²) in [5, 5.41) is 3.92. The number of nitrogens with one attached hydrogen (secondary N) is 1. The second-order valence-corrected chi connectivity index (χ2v) is 5.38. The maximum Gasteiger partial charge on any atom is 0.241 e. The first kappa shape index (κ1) is 11.8. The maximum absolute atomic E-state index is 12.1. The highest BCUT2D eigenvalue weighted by Gasteiger charge is 2.36. The smallest absolute Gasteiger partial charge is 0.241 e. The predicted octanol–water partition coefficient (Wildman–Crippen LogP) is 1.40. The maximum atomic E-state index is 12.1. The van der Waals surface area contributed by atoms with Gasteiger partial charge in [-0.2, -0.15) is 0 Å². The SMILES string of the molecule is Cc1c(Cl)ccc2c1N(C)CC1CNCC(=O)N21. The van der Waals surface area contributed by atoms with Gasteiger partial charge < -0.3 is 15.1 Å². The summed E-state index contributed by atoms with van der Waals surface area (Å²) in [7, 11) is 2.05. The predicted molar refractivity (Wildman–Crippen MR) is 73.6 cm³/mol. The topological polar surface area (TPSA) is 35.6 Å². The number of carbonyl (C=O) groups is 1. The minimum absolute atomic E-state index is 0.141. The third-order valence-corrected chi connectivity index (χ3v) is 4.17. The molecule has 0 spiro atoms. The van der Waals surface area contributed by atoms with Gasteiger partial charge in [-0.05, 0) is 24.6 Å². The summed E-state index contributed by atoms with van der Waals surface area (Å²) in [6.07, 6.45) is 0. The number of hydrogen-bond donors (Lipinski definition) is 1. The summed E-state index contributed by atoms with van der Waals surface area (Å²) in [4.78, 5) is 16.2. The zero-order valence-electron chi connectivity index (χ0n) is 10.5. The average Bonchev–Trinajstić information content (AvgIpc) is 2.33. The van der Waals surface area contributed by atoms with Crippen molar-refractivity contribution in [3.8, 4) is 0 Å². The average molecular weight is 266 g/mol. The summed E-state index contributed by atoms with van der Waals surface area (Å²) >= 11 is 6.18. The van der Waals surface area contributed by atoms with E-state index in [9.17, 15) is 4.79 Å². The van der Waals surface area contributed by atoms with Crippen molar-refractivity contribution >= 4 is 28.9 Å². The van der Waals surface area contributed by atoms with E-state index in [4.69, 9.17) is 11.6 Å². The number of piperazine rings is 1. The van der Waals surface area contributed by atoms with Crippen LogP contribution >= 0.6 is 11.6 Å². The van der Waals surface area contributed by atoms with Crippen LogP contribution in [0, 0.1) is 6.92 Å². The molecule has 2 aliphatic rings. The number of benzene rings is 1. The van der Waals surface area contributed by atoms with Gasteiger partial charge in [0.2, 0.25) is 5.91 Å². The number of fused-ring (bicyclic) bond motifs is 3. The fourth-order valence-corrected chi connectivity index (χ4v) is 3.10. The molecule has 0 aromatic heterocycles. The molecule has 2 aliphatic heterocycles. The van der Waals surface area contributed by atoms with Gasteiger partial charge in [-0.3, -0.25) is 4.79 Å². The highest BCUT2D eigenvalue weighted by atomic mass is 35.5. The van der Waals surface area contributed by atoms with Gasteiger partial charge in [-0.25, -0.2) is 0 Å². The van der Waals surface area contributed by atoms with E-state index in [0.717, 1.165) is 35.1 Å². The minimum atomic E-state index is 0.141. The van der Waals surface area contributed by atoms with Gasteiger partial charge in [0.1, 0.15) is 0 Å². The molecule has 0 radical (unpaired) electrons. The Hall–Kier alpha value is -1.26. The first-order valence-electron chi connectivity index (χ1n) is 6.12. The first-order chi connectivity index (χ1) is 8.59. The van der Waals surface area contributed by atoms with Crippen molar-refractivity contribution in [1.29, 1.82) is 0 Å². The Kier molecular flexibility index (Phi) is 2.72. The highest BCUT2D eigenvalue weighted by Crippen LogP contribution is 2.40. The molecule has 4 nitrogen and oxygen atoms in total. The summed E-state index contributed by atoms with van der Waals surface area (Å²) < 4.78 is 0. The molecule has 1 unspecified atom stereocenters. The monoisotopic (exact) mass is 265 g/mol. The lowest BCUT2D eigenvalue weighted by molar-refractivity contribution is -0.119. The fourth-order valence-electron chi connectivity index (χ4n) is 2.95. The lowest BCUT2D eigenvalue weighted by Gasteiger charge is -2.45. The van der Waals surface area contributed by atoms with Crippen LogP contribution in [0.2, 0.25) is 5.02 Å². The largest absolute Gasteiger partial charge is 0.371 e. The molecule has 5 heteroatoms. The number of anilines is 2.